The summed E-state index contributed by atoms with van der Waals surface area (Å²) in [5, 5.41) is 11.2. The second-order valence-electron chi connectivity index (χ2n) is 2.18. The van der Waals surface area contributed by atoms with Crippen molar-refractivity contribution in [1.82, 2.24) is 5.16 Å². The van der Waals surface area contributed by atoms with Gasteiger partial charge in [0.1, 0.15) is 6.26 Å². The lowest BCUT2D eigenvalue weighted by molar-refractivity contribution is -0.164. The molecule has 1 aromatic rings. The number of halogens is 2. The molecule has 0 spiro atoms. The van der Waals surface area contributed by atoms with E-state index >= 15 is 0 Å². The molecule has 0 aliphatic carbocycles. The molecule has 66 valence electrons. The fourth-order valence-corrected chi connectivity index (χ4v) is 0.632. The first kappa shape index (κ1) is 8.63. The summed E-state index contributed by atoms with van der Waals surface area (Å²) in [7, 11) is 0. The molecule has 0 atom stereocenters. The Bertz CT molecular complexity index is 270. The molecule has 0 fully saturated rings. The van der Waals surface area contributed by atoms with Crippen LogP contribution in [0.1, 0.15) is 5.69 Å². The molecule has 4 nitrogen and oxygen atoms in total. The van der Waals surface area contributed by atoms with Crippen molar-refractivity contribution in [2.75, 3.05) is 0 Å². The van der Waals surface area contributed by atoms with E-state index in [-0.39, 0.29) is 5.69 Å². The normalized spacial score (nSPS) is 11.5. The molecule has 1 aromatic heterocycles. The van der Waals surface area contributed by atoms with Gasteiger partial charge in [0, 0.05) is 6.07 Å². The third-order valence-corrected chi connectivity index (χ3v) is 1.21. The van der Waals surface area contributed by atoms with Crippen molar-refractivity contribution in [3.8, 4) is 0 Å². The average molecular weight is 177 g/mol. The van der Waals surface area contributed by atoms with E-state index in [1.807, 2.05) is 0 Å². The lowest BCUT2D eigenvalue weighted by Gasteiger charge is -2.07. The maximum absolute atomic E-state index is 12.4. The average Bonchev–Trinajstić information content (AvgIpc) is 2.38. The van der Waals surface area contributed by atoms with Gasteiger partial charge in [0.2, 0.25) is 0 Å². The van der Waals surface area contributed by atoms with Crippen LogP contribution >= 0.6 is 0 Å². The predicted molar refractivity (Wildman–Crippen MR) is 32.8 cm³/mol. The highest BCUT2D eigenvalue weighted by Gasteiger charge is 2.39. The van der Waals surface area contributed by atoms with Gasteiger partial charge in [-0.05, 0) is 0 Å². The summed E-state index contributed by atoms with van der Waals surface area (Å²) in [6.45, 7) is 0. The van der Waals surface area contributed by atoms with Crippen LogP contribution < -0.4 is 0 Å². The van der Waals surface area contributed by atoms with Crippen molar-refractivity contribution in [2.45, 2.75) is 12.3 Å². The van der Waals surface area contributed by atoms with Crippen LogP contribution in [-0.4, -0.2) is 22.2 Å². The molecule has 0 amide bonds. The molecular formula is C6H5F2NO3. The number of aliphatic carboxylic acids is 1. The lowest BCUT2D eigenvalue weighted by atomic mass is 10.2. The van der Waals surface area contributed by atoms with Crippen LogP contribution in [-0.2, 0) is 11.2 Å². The van der Waals surface area contributed by atoms with Gasteiger partial charge >= 0.3 is 11.9 Å². The van der Waals surface area contributed by atoms with Gasteiger partial charge in [0.05, 0.1) is 12.1 Å². The zero-order valence-electron chi connectivity index (χ0n) is 5.83. The molecule has 0 saturated heterocycles. The standard InChI is InChI=1S/C6H5F2NO3/c7-6(8,5(10)11)3-4-1-2-12-9-4/h1-2H,3H2,(H,10,11). The summed E-state index contributed by atoms with van der Waals surface area (Å²) in [5.74, 6) is -5.94. The van der Waals surface area contributed by atoms with E-state index in [1.54, 1.807) is 0 Å². The van der Waals surface area contributed by atoms with Crippen LogP contribution in [0.3, 0.4) is 0 Å². The maximum Gasteiger partial charge on any atom is 0.374 e. The first-order chi connectivity index (χ1) is 5.52. The minimum absolute atomic E-state index is 0.0811. The predicted octanol–water partition coefficient (Wildman–Crippen LogP) is 0.937. The van der Waals surface area contributed by atoms with E-state index in [1.165, 1.54) is 6.07 Å². The molecular weight excluding hydrogens is 172 g/mol. The van der Waals surface area contributed by atoms with E-state index in [0.717, 1.165) is 6.26 Å². The van der Waals surface area contributed by atoms with Crippen molar-refractivity contribution < 1.29 is 23.2 Å². The number of carboxylic acids is 1. The molecule has 0 bridgehead atoms. The lowest BCUT2D eigenvalue weighted by Crippen LogP contribution is -2.30. The first-order valence-electron chi connectivity index (χ1n) is 3.03. The number of hydrogen-bond donors (Lipinski definition) is 1. The fraction of sp³-hybridized carbons (Fsp3) is 0.333. The van der Waals surface area contributed by atoms with E-state index in [9.17, 15) is 13.6 Å². The maximum atomic E-state index is 12.4. The van der Waals surface area contributed by atoms with Gasteiger partial charge in [-0.2, -0.15) is 8.78 Å². The van der Waals surface area contributed by atoms with E-state index in [2.05, 4.69) is 9.68 Å². The van der Waals surface area contributed by atoms with Gasteiger partial charge in [-0.1, -0.05) is 5.16 Å². The summed E-state index contributed by atoms with van der Waals surface area (Å²) in [4.78, 5) is 9.94. The third kappa shape index (κ3) is 1.77. The molecule has 1 N–H and O–H groups in total. The summed E-state index contributed by atoms with van der Waals surface area (Å²) >= 11 is 0. The Morgan fingerprint density at radius 3 is 2.83 bits per heavy atom. The number of nitrogens with zero attached hydrogens (tertiary/aromatic N) is 1. The van der Waals surface area contributed by atoms with Gasteiger partial charge < -0.3 is 9.63 Å². The highest BCUT2D eigenvalue weighted by molar-refractivity contribution is 5.75. The van der Waals surface area contributed by atoms with Gasteiger partial charge in [-0.15, -0.1) is 0 Å². The smallest absolute Gasteiger partial charge is 0.374 e. The minimum atomic E-state index is -3.78. The summed E-state index contributed by atoms with van der Waals surface area (Å²) < 4.78 is 29.1. The molecule has 1 heterocycles. The quantitative estimate of drug-likeness (QED) is 0.746. The number of carbonyl (C=O) groups is 1. The molecule has 6 heteroatoms. The Kier molecular flexibility index (Phi) is 2.07. The topological polar surface area (TPSA) is 63.3 Å². The molecule has 12 heavy (non-hydrogen) atoms. The van der Waals surface area contributed by atoms with Crippen molar-refractivity contribution >= 4 is 5.97 Å². The SMILES string of the molecule is O=C(O)C(F)(F)Cc1ccon1. The molecule has 0 saturated carbocycles. The Balaban J connectivity index is 2.69. The second kappa shape index (κ2) is 2.88. The summed E-state index contributed by atoms with van der Waals surface area (Å²) in [5.41, 5.74) is -0.0811. The molecule has 1 rings (SSSR count). The fourth-order valence-electron chi connectivity index (χ4n) is 0.632. The Morgan fingerprint density at radius 2 is 2.42 bits per heavy atom. The third-order valence-electron chi connectivity index (χ3n) is 1.21. The molecule has 0 aliphatic heterocycles. The summed E-state index contributed by atoms with van der Waals surface area (Å²) in [6, 6.07) is 1.19. The number of aromatic nitrogens is 1. The molecule has 0 radical (unpaired) electrons. The second-order valence-corrected chi connectivity index (χ2v) is 2.18. The largest absolute Gasteiger partial charge is 0.477 e. The number of carboxylic acid groups (broad SMARTS) is 1. The number of rotatable bonds is 3. The minimum Gasteiger partial charge on any atom is -0.477 e. The van der Waals surface area contributed by atoms with Crippen LogP contribution in [0.25, 0.3) is 0 Å². The zero-order valence-corrected chi connectivity index (χ0v) is 5.83. The number of hydrogen-bond acceptors (Lipinski definition) is 3. The molecule has 0 aliphatic rings. The molecule has 0 aromatic carbocycles. The van der Waals surface area contributed by atoms with Crippen LogP contribution in [0.15, 0.2) is 16.9 Å². The van der Waals surface area contributed by atoms with Crippen LogP contribution in [0.2, 0.25) is 0 Å². The first-order valence-corrected chi connectivity index (χ1v) is 3.03. The Morgan fingerprint density at radius 1 is 1.75 bits per heavy atom. The van der Waals surface area contributed by atoms with E-state index in [4.69, 9.17) is 5.11 Å². The van der Waals surface area contributed by atoms with E-state index in [0.29, 0.717) is 0 Å². The van der Waals surface area contributed by atoms with Gasteiger partial charge in [-0.25, -0.2) is 4.79 Å². The summed E-state index contributed by atoms with van der Waals surface area (Å²) in [6.07, 6.45) is 0.159. The monoisotopic (exact) mass is 177 g/mol. The van der Waals surface area contributed by atoms with Crippen LogP contribution in [0, 0.1) is 0 Å². The van der Waals surface area contributed by atoms with Crippen molar-refractivity contribution in [3.05, 3.63) is 18.0 Å². The Hall–Kier alpha value is -1.46. The highest BCUT2D eigenvalue weighted by atomic mass is 19.3. The van der Waals surface area contributed by atoms with Gasteiger partial charge in [0.25, 0.3) is 0 Å². The van der Waals surface area contributed by atoms with Crippen LogP contribution in [0.4, 0.5) is 8.78 Å². The van der Waals surface area contributed by atoms with E-state index < -0.39 is 18.3 Å². The van der Waals surface area contributed by atoms with Gasteiger partial charge in [0.15, 0.2) is 0 Å². The Labute approximate surface area is 65.8 Å². The zero-order chi connectivity index (χ0) is 9.19. The van der Waals surface area contributed by atoms with Crippen molar-refractivity contribution in [1.29, 1.82) is 0 Å². The number of alkyl halides is 2. The highest BCUT2D eigenvalue weighted by Crippen LogP contribution is 2.18. The van der Waals surface area contributed by atoms with Crippen LogP contribution in [0.5, 0.6) is 0 Å². The van der Waals surface area contributed by atoms with Gasteiger partial charge in [-0.3, -0.25) is 0 Å². The van der Waals surface area contributed by atoms with Crippen molar-refractivity contribution in [2.24, 2.45) is 0 Å². The molecule has 0 unspecified atom stereocenters. The van der Waals surface area contributed by atoms with Crippen molar-refractivity contribution in [3.63, 3.8) is 0 Å².